The molecule has 2 unspecified atom stereocenters. The Hall–Kier alpha value is -2.13. The summed E-state index contributed by atoms with van der Waals surface area (Å²) >= 11 is 0. The first-order valence-electron chi connectivity index (χ1n) is 7.79. The van der Waals surface area contributed by atoms with E-state index in [-0.39, 0.29) is 0 Å². The molecule has 0 amide bonds. The Labute approximate surface area is 131 Å². The molecule has 2 N–H and O–H groups in total. The second kappa shape index (κ2) is 6.75. The van der Waals surface area contributed by atoms with E-state index >= 15 is 0 Å². The summed E-state index contributed by atoms with van der Waals surface area (Å²) in [6.07, 6.45) is 1.67. The van der Waals surface area contributed by atoms with E-state index in [9.17, 15) is 9.90 Å². The second-order valence-corrected chi connectivity index (χ2v) is 6.00. The number of carboxylic acid groups (broad SMARTS) is 1. The van der Waals surface area contributed by atoms with E-state index in [1.165, 1.54) is 5.56 Å². The van der Waals surface area contributed by atoms with Crippen molar-refractivity contribution >= 4 is 5.97 Å². The summed E-state index contributed by atoms with van der Waals surface area (Å²) in [5.74, 6) is 0.362. The van der Waals surface area contributed by atoms with Crippen LogP contribution in [0.3, 0.4) is 0 Å². The molecule has 0 aliphatic heterocycles. The fourth-order valence-corrected chi connectivity index (χ4v) is 2.97. The highest BCUT2D eigenvalue weighted by Gasteiger charge is 2.38. The van der Waals surface area contributed by atoms with Gasteiger partial charge >= 0.3 is 5.97 Å². The number of rotatable bonds is 7. The minimum Gasteiger partial charge on any atom is -0.480 e. The van der Waals surface area contributed by atoms with Gasteiger partial charge in [0.2, 0.25) is 0 Å². The maximum atomic E-state index is 11.4. The molecule has 0 heterocycles. The second-order valence-electron chi connectivity index (χ2n) is 6.00. The Morgan fingerprint density at radius 1 is 1.09 bits per heavy atom. The van der Waals surface area contributed by atoms with E-state index in [0.717, 1.165) is 18.5 Å². The van der Waals surface area contributed by atoms with Crippen molar-refractivity contribution in [1.29, 1.82) is 0 Å². The molecule has 0 saturated heterocycles. The normalized spacial score (nSPS) is 21.3. The highest BCUT2D eigenvalue weighted by molar-refractivity contribution is 5.73. The van der Waals surface area contributed by atoms with Crippen LogP contribution in [-0.4, -0.2) is 23.7 Å². The largest absolute Gasteiger partial charge is 0.480 e. The zero-order chi connectivity index (χ0) is 15.4. The number of carbonyl (C=O) groups is 1. The van der Waals surface area contributed by atoms with Crippen LogP contribution in [0.4, 0.5) is 0 Å². The summed E-state index contributed by atoms with van der Waals surface area (Å²) in [7, 11) is 0. The van der Waals surface area contributed by atoms with E-state index in [2.05, 4.69) is 29.6 Å². The first-order chi connectivity index (χ1) is 10.7. The molecule has 3 nitrogen and oxygen atoms in total. The number of hydrogen-bond donors (Lipinski definition) is 2. The van der Waals surface area contributed by atoms with Crippen LogP contribution >= 0.6 is 0 Å². The van der Waals surface area contributed by atoms with Crippen molar-refractivity contribution in [2.75, 3.05) is 6.54 Å². The highest BCUT2D eigenvalue weighted by Crippen LogP contribution is 2.46. The lowest BCUT2D eigenvalue weighted by Gasteiger charge is -2.14. The molecule has 0 spiro atoms. The first-order valence-corrected chi connectivity index (χ1v) is 7.79. The van der Waals surface area contributed by atoms with Gasteiger partial charge in [0.25, 0.3) is 0 Å². The standard InChI is InChI=1S/C19H21NO2/c21-19(22)18(11-14-7-3-1-4-8-14)20-13-16-12-17(16)15-9-5-2-6-10-15/h1-10,16-18,20H,11-13H2,(H,21,22)/t16?,17?,18-/m1/s1. The summed E-state index contributed by atoms with van der Waals surface area (Å²) in [5, 5.41) is 12.6. The number of carboxylic acids is 1. The van der Waals surface area contributed by atoms with Gasteiger partial charge < -0.3 is 10.4 Å². The van der Waals surface area contributed by atoms with Crippen LogP contribution in [0, 0.1) is 5.92 Å². The summed E-state index contributed by atoms with van der Waals surface area (Å²) in [6.45, 7) is 0.767. The third-order valence-corrected chi connectivity index (χ3v) is 4.36. The maximum absolute atomic E-state index is 11.4. The van der Waals surface area contributed by atoms with E-state index in [1.54, 1.807) is 0 Å². The van der Waals surface area contributed by atoms with Gasteiger partial charge in [0, 0.05) is 0 Å². The third-order valence-electron chi connectivity index (χ3n) is 4.36. The number of benzene rings is 2. The molecule has 0 radical (unpaired) electrons. The Kier molecular flexibility index (Phi) is 4.54. The molecule has 1 aliphatic carbocycles. The van der Waals surface area contributed by atoms with Crippen LogP contribution in [0.15, 0.2) is 60.7 Å². The van der Waals surface area contributed by atoms with Gasteiger partial charge in [0.15, 0.2) is 0 Å². The van der Waals surface area contributed by atoms with Crippen LogP contribution in [0.2, 0.25) is 0 Å². The number of hydrogen-bond acceptors (Lipinski definition) is 2. The van der Waals surface area contributed by atoms with Crippen LogP contribution in [0.1, 0.15) is 23.5 Å². The molecular formula is C19H21NO2. The summed E-state index contributed by atoms with van der Waals surface area (Å²) in [4.78, 5) is 11.4. The number of nitrogens with one attached hydrogen (secondary N) is 1. The first kappa shape index (κ1) is 14.8. The smallest absolute Gasteiger partial charge is 0.321 e. The van der Waals surface area contributed by atoms with Gasteiger partial charge in [-0.1, -0.05) is 60.7 Å². The molecule has 1 fully saturated rings. The molecule has 1 aliphatic rings. The lowest BCUT2D eigenvalue weighted by molar-refractivity contribution is -0.139. The Balaban J connectivity index is 1.52. The molecule has 114 valence electrons. The quantitative estimate of drug-likeness (QED) is 0.825. The van der Waals surface area contributed by atoms with Crippen molar-refractivity contribution in [2.45, 2.75) is 24.8 Å². The van der Waals surface area contributed by atoms with Gasteiger partial charge in [-0.25, -0.2) is 0 Å². The van der Waals surface area contributed by atoms with Crippen molar-refractivity contribution < 1.29 is 9.90 Å². The molecule has 2 aromatic rings. The molecule has 1 saturated carbocycles. The molecule has 2 aromatic carbocycles. The molecular weight excluding hydrogens is 274 g/mol. The fraction of sp³-hybridized carbons (Fsp3) is 0.316. The maximum Gasteiger partial charge on any atom is 0.321 e. The van der Waals surface area contributed by atoms with Crippen molar-refractivity contribution in [3.05, 3.63) is 71.8 Å². The number of aliphatic carboxylic acids is 1. The van der Waals surface area contributed by atoms with Gasteiger partial charge in [-0.05, 0) is 42.3 Å². The van der Waals surface area contributed by atoms with Crippen molar-refractivity contribution in [2.24, 2.45) is 5.92 Å². The molecule has 0 aromatic heterocycles. The lowest BCUT2D eigenvalue weighted by atomic mass is 10.1. The molecule has 3 rings (SSSR count). The third kappa shape index (κ3) is 3.74. The summed E-state index contributed by atoms with van der Waals surface area (Å²) < 4.78 is 0. The van der Waals surface area contributed by atoms with Crippen LogP contribution in [-0.2, 0) is 11.2 Å². The van der Waals surface area contributed by atoms with Crippen LogP contribution < -0.4 is 5.32 Å². The van der Waals surface area contributed by atoms with Gasteiger partial charge in [-0.15, -0.1) is 0 Å². The van der Waals surface area contributed by atoms with Gasteiger partial charge in [0.1, 0.15) is 6.04 Å². The lowest BCUT2D eigenvalue weighted by Crippen LogP contribution is -2.39. The molecule has 0 bridgehead atoms. The zero-order valence-corrected chi connectivity index (χ0v) is 12.5. The zero-order valence-electron chi connectivity index (χ0n) is 12.5. The SMILES string of the molecule is O=C(O)[C@@H](Cc1ccccc1)NCC1CC1c1ccccc1. The van der Waals surface area contributed by atoms with Crippen molar-refractivity contribution in [1.82, 2.24) is 5.32 Å². The van der Waals surface area contributed by atoms with Crippen molar-refractivity contribution in [3.8, 4) is 0 Å². The Bertz CT molecular complexity index is 612. The predicted octanol–water partition coefficient (Wildman–Crippen LogP) is 3.08. The highest BCUT2D eigenvalue weighted by atomic mass is 16.4. The predicted molar refractivity (Wildman–Crippen MR) is 86.9 cm³/mol. The van der Waals surface area contributed by atoms with E-state index in [0.29, 0.717) is 18.3 Å². The van der Waals surface area contributed by atoms with Gasteiger partial charge in [-0.2, -0.15) is 0 Å². The molecule has 3 atom stereocenters. The average molecular weight is 295 g/mol. The summed E-state index contributed by atoms with van der Waals surface area (Å²) in [5.41, 5.74) is 2.42. The Morgan fingerprint density at radius 2 is 1.73 bits per heavy atom. The summed E-state index contributed by atoms with van der Waals surface area (Å²) in [6, 6.07) is 19.7. The van der Waals surface area contributed by atoms with Gasteiger partial charge in [-0.3, -0.25) is 4.79 Å². The van der Waals surface area contributed by atoms with E-state index < -0.39 is 12.0 Å². The minimum absolute atomic E-state index is 0.514. The van der Waals surface area contributed by atoms with Gasteiger partial charge in [0.05, 0.1) is 0 Å². The minimum atomic E-state index is -0.777. The average Bonchev–Trinajstić information content (AvgIpc) is 3.32. The molecule has 22 heavy (non-hydrogen) atoms. The topological polar surface area (TPSA) is 49.3 Å². The fourth-order valence-electron chi connectivity index (χ4n) is 2.97. The monoisotopic (exact) mass is 295 g/mol. The van der Waals surface area contributed by atoms with E-state index in [4.69, 9.17) is 0 Å². The van der Waals surface area contributed by atoms with Crippen LogP contribution in [0.25, 0.3) is 0 Å². The van der Waals surface area contributed by atoms with Crippen molar-refractivity contribution in [3.63, 3.8) is 0 Å². The van der Waals surface area contributed by atoms with Crippen LogP contribution in [0.5, 0.6) is 0 Å². The van der Waals surface area contributed by atoms with E-state index in [1.807, 2.05) is 36.4 Å². The molecule has 3 heteroatoms. The Morgan fingerprint density at radius 3 is 2.36 bits per heavy atom.